The van der Waals surface area contributed by atoms with Crippen molar-refractivity contribution in [2.75, 3.05) is 13.1 Å². The molecule has 2 nitrogen and oxygen atoms in total. The fraction of sp³-hybridized carbons (Fsp3) is 1.00. The third-order valence-corrected chi connectivity index (χ3v) is 7.09. The molecule has 0 aromatic rings. The molecule has 2 saturated carbocycles. The maximum absolute atomic E-state index is 3.65. The van der Waals surface area contributed by atoms with E-state index in [1.807, 2.05) is 0 Å². The molecule has 2 heteroatoms. The summed E-state index contributed by atoms with van der Waals surface area (Å²) in [5.74, 6) is 4.00. The molecule has 2 aliphatic heterocycles. The molecular weight excluding hydrogens is 268 g/mol. The minimum absolute atomic E-state index is 0.882. The molecule has 4 fully saturated rings. The molecule has 2 aliphatic carbocycles. The van der Waals surface area contributed by atoms with E-state index in [1.54, 1.807) is 0 Å². The Morgan fingerprint density at radius 2 is 1.00 bits per heavy atom. The van der Waals surface area contributed by atoms with Gasteiger partial charge in [0.2, 0.25) is 0 Å². The van der Waals surface area contributed by atoms with Crippen molar-refractivity contribution < 1.29 is 0 Å². The lowest BCUT2D eigenvalue weighted by Gasteiger charge is -2.40. The van der Waals surface area contributed by atoms with Crippen LogP contribution in [0.4, 0.5) is 0 Å². The van der Waals surface area contributed by atoms with Crippen molar-refractivity contribution in [2.24, 2.45) is 23.7 Å². The van der Waals surface area contributed by atoms with Crippen LogP contribution in [-0.2, 0) is 0 Å². The normalized spacial score (nSPS) is 45.0. The van der Waals surface area contributed by atoms with Gasteiger partial charge in [0, 0.05) is 12.1 Å². The van der Waals surface area contributed by atoms with Gasteiger partial charge in [-0.2, -0.15) is 0 Å². The Labute approximate surface area is 138 Å². The molecule has 2 saturated heterocycles. The van der Waals surface area contributed by atoms with Gasteiger partial charge in [-0.25, -0.2) is 0 Å². The maximum atomic E-state index is 3.65. The van der Waals surface area contributed by atoms with Crippen LogP contribution in [0.15, 0.2) is 0 Å². The topological polar surface area (TPSA) is 24.1 Å². The molecule has 0 bridgehead atoms. The number of fused-ring (bicyclic) bond motifs is 2. The predicted octanol–water partition coefficient (Wildman–Crippen LogP) is 4.35. The fourth-order valence-corrected chi connectivity index (χ4v) is 5.70. The van der Waals surface area contributed by atoms with Crippen LogP contribution < -0.4 is 10.6 Å². The predicted molar refractivity (Wildman–Crippen MR) is 95.1 cm³/mol. The number of piperidine rings is 2. The lowest BCUT2D eigenvalue weighted by Crippen LogP contribution is -2.45. The molecule has 128 valence electrons. The van der Waals surface area contributed by atoms with Gasteiger partial charge in [0.25, 0.3) is 0 Å². The first-order chi connectivity index (χ1) is 10.8. The van der Waals surface area contributed by atoms with E-state index >= 15 is 0 Å². The summed E-state index contributed by atoms with van der Waals surface area (Å²) in [7, 11) is 0. The van der Waals surface area contributed by atoms with Gasteiger partial charge in [0.1, 0.15) is 0 Å². The molecule has 0 spiro atoms. The zero-order valence-corrected chi connectivity index (χ0v) is 14.9. The largest absolute Gasteiger partial charge is 0.314 e. The molecule has 0 radical (unpaired) electrons. The van der Waals surface area contributed by atoms with Gasteiger partial charge >= 0.3 is 0 Å². The number of rotatable bonds is 0. The Morgan fingerprint density at radius 3 is 1.41 bits per heavy atom. The van der Waals surface area contributed by atoms with E-state index in [4.69, 9.17) is 0 Å². The first-order valence-electron chi connectivity index (χ1n) is 10.2. The first-order valence-corrected chi connectivity index (χ1v) is 10.2. The van der Waals surface area contributed by atoms with Crippen LogP contribution in [0, 0.1) is 23.7 Å². The van der Waals surface area contributed by atoms with Crippen LogP contribution >= 0.6 is 0 Å². The van der Waals surface area contributed by atoms with Crippen molar-refractivity contribution in [3.8, 4) is 0 Å². The van der Waals surface area contributed by atoms with Crippen molar-refractivity contribution in [3.05, 3.63) is 0 Å². The Balaban J connectivity index is 0.000000131. The molecule has 2 heterocycles. The Bertz CT molecular complexity index is 294. The lowest BCUT2D eigenvalue weighted by atomic mass is 9.73. The molecule has 0 amide bonds. The standard InChI is InChI=1S/2C10H19N/c2*1-8-4-2-6-10-9(8)5-3-7-11-10/h2*8-11H,2-7H2,1H3/t2*8-,9-,10+/m10/s1. The maximum Gasteiger partial charge on any atom is 0.00978 e. The van der Waals surface area contributed by atoms with Gasteiger partial charge in [0.05, 0.1) is 0 Å². The second-order valence-electron chi connectivity index (χ2n) is 8.55. The Morgan fingerprint density at radius 1 is 0.545 bits per heavy atom. The minimum Gasteiger partial charge on any atom is -0.314 e. The van der Waals surface area contributed by atoms with Crippen molar-refractivity contribution in [1.29, 1.82) is 0 Å². The van der Waals surface area contributed by atoms with E-state index in [0.717, 1.165) is 35.8 Å². The molecule has 2 N–H and O–H groups in total. The summed E-state index contributed by atoms with van der Waals surface area (Å²) in [5, 5.41) is 7.30. The van der Waals surface area contributed by atoms with Crippen LogP contribution in [0.5, 0.6) is 0 Å². The fourth-order valence-electron chi connectivity index (χ4n) is 5.70. The first kappa shape index (κ1) is 16.8. The van der Waals surface area contributed by atoms with E-state index in [2.05, 4.69) is 24.5 Å². The van der Waals surface area contributed by atoms with Crippen LogP contribution in [0.1, 0.15) is 78.1 Å². The van der Waals surface area contributed by atoms with Gasteiger partial charge in [0.15, 0.2) is 0 Å². The third-order valence-electron chi connectivity index (χ3n) is 7.09. The van der Waals surface area contributed by atoms with Crippen molar-refractivity contribution in [2.45, 2.75) is 90.1 Å². The second-order valence-corrected chi connectivity index (χ2v) is 8.55. The average molecular weight is 307 g/mol. The zero-order chi connectivity index (χ0) is 15.4. The third kappa shape index (κ3) is 4.06. The zero-order valence-electron chi connectivity index (χ0n) is 14.9. The van der Waals surface area contributed by atoms with E-state index in [9.17, 15) is 0 Å². The van der Waals surface area contributed by atoms with E-state index < -0.39 is 0 Å². The summed E-state index contributed by atoms with van der Waals surface area (Å²) in [6.45, 7) is 7.41. The lowest BCUT2D eigenvalue weighted by molar-refractivity contribution is 0.150. The monoisotopic (exact) mass is 306 g/mol. The van der Waals surface area contributed by atoms with Crippen molar-refractivity contribution in [1.82, 2.24) is 10.6 Å². The van der Waals surface area contributed by atoms with Crippen molar-refractivity contribution in [3.63, 3.8) is 0 Å². The summed E-state index contributed by atoms with van der Waals surface area (Å²) in [5.41, 5.74) is 0. The summed E-state index contributed by atoms with van der Waals surface area (Å²) in [6, 6.07) is 1.76. The molecule has 4 aliphatic rings. The Hall–Kier alpha value is -0.0800. The quantitative estimate of drug-likeness (QED) is 0.695. The summed E-state index contributed by atoms with van der Waals surface area (Å²) < 4.78 is 0. The van der Waals surface area contributed by atoms with Gasteiger partial charge < -0.3 is 10.6 Å². The summed E-state index contributed by atoms with van der Waals surface area (Å²) in [6.07, 6.45) is 14.5. The second kappa shape index (κ2) is 8.15. The van der Waals surface area contributed by atoms with Gasteiger partial charge in [-0.1, -0.05) is 39.5 Å². The number of hydrogen-bond acceptors (Lipinski definition) is 2. The van der Waals surface area contributed by atoms with Crippen molar-refractivity contribution >= 4 is 0 Å². The Kier molecular flexibility index (Phi) is 6.21. The molecule has 4 rings (SSSR count). The highest BCUT2D eigenvalue weighted by molar-refractivity contribution is 4.88. The average Bonchev–Trinajstić information content (AvgIpc) is 2.57. The summed E-state index contributed by atoms with van der Waals surface area (Å²) >= 11 is 0. The van der Waals surface area contributed by atoms with Crippen LogP contribution in [0.3, 0.4) is 0 Å². The van der Waals surface area contributed by atoms with E-state index in [1.165, 1.54) is 77.3 Å². The molecule has 0 unspecified atom stereocenters. The SMILES string of the molecule is C[C@@H]1CCC[C@@H]2NCCC[C@H]12.C[C@H]1CCC[C@H]2NCCC[C@@H]12. The van der Waals surface area contributed by atoms with Gasteiger partial charge in [-0.15, -0.1) is 0 Å². The number of nitrogens with one attached hydrogen (secondary N) is 2. The highest BCUT2D eigenvalue weighted by atomic mass is 14.9. The smallest absolute Gasteiger partial charge is 0.00978 e. The van der Waals surface area contributed by atoms with E-state index in [-0.39, 0.29) is 0 Å². The van der Waals surface area contributed by atoms with Crippen LogP contribution in [0.2, 0.25) is 0 Å². The molecule has 6 atom stereocenters. The molecular formula is C20H38N2. The molecule has 22 heavy (non-hydrogen) atoms. The highest BCUT2D eigenvalue weighted by Crippen LogP contribution is 2.35. The van der Waals surface area contributed by atoms with Gasteiger partial charge in [-0.3, -0.25) is 0 Å². The van der Waals surface area contributed by atoms with Crippen LogP contribution in [-0.4, -0.2) is 25.2 Å². The summed E-state index contributed by atoms with van der Waals surface area (Å²) in [4.78, 5) is 0. The molecule has 0 aromatic carbocycles. The minimum atomic E-state index is 0.882. The van der Waals surface area contributed by atoms with Gasteiger partial charge in [-0.05, 0) is 75.3 Å². The highest BCUT2D eigenvalue weighted by Gasteiger charge is 2.32. The molecule has 0 aromatic heterocycles. The number of hydrogen-bond donors (Lipinski definition) is 2. The van der Waals surface area contributed by atoms with E-state index in [0.29, 0.717) is 0 Å². The van der Waals surface area contributed by atoms with Crippen LogP contribution in [0.25, 0.3) is 0 Å².